The van der Waals surface area contributed by atoms with Gasteiger partial charge in [-0.05, 0) is 30.9 Å². The first-order valence-electron chi connectivity index (χ1n) is 6.45. The lowest BCUT2D eigenvalue weighted by Gasteiger charge is -2.06. The van der Waals surface area contributed by atoms with Gasteiger partial charge in [-0.2, -0.15) is 14.9 Å². The van der Waals surface area contributed by atoms with Crippen LogP contribution in [0.15, 0.2) is 29.3 Å². The van der Waals surface area contributed by atoms with Gasteiger partial charge in [-0.1, -0.05) is 23.7 Å². The van der Waals surface area contributed by atoms with E-state index in [2.05, 4.69) is 16.2 Å². The van der Waals surface area contributed by atoms with E-state index >= 15 is 0 Å². The fourth-order valence-corrected chi connectivity index (χ4v) is 3.02. The molecule has 0 aliphatic heterocycles. The molecular weight excluding hydrogens is 318 g/mol. The van der Waals surface area contributed by atoms with Crippen LogP contribution in [0.25, 0.3) is 16.8 Å². The fraction of sp³-hybridized carbons (Fsp3) is 0.133. The quantitative estimate of drug-likeness (QED) is 0.574. The Hall–Kier alpha value is -2.23. The van der Waals surface area contributed by atoms with Crippen molar-refractivity contribution in [2.75, 3.05) is 12.0 Å². The minimum atomic E-state index is 0.306. The predicted molar refractivity (Wildman–Crippen MR) is 89.1 cm³/mol. The number of fused-ring (bicyclic) bond motifs is 1. The maximum Gasteiger partial charge on any atom is 0.166 e. The highest BCUT2D eigenvalue weighted by atomic mass is 35.5. The standard InChI is InChI=1S/C15H12ClN5S/c1-8-12(9-3-5-10(16)6-4-9)14-19-15(22-2)11(7-17)13(18)21(14)20-8/h3-6H,18H2,1-2H3. The molecule has 0 aliphatic rings. The largest absolute Gasteiger partial charge is 0.382 e. The Morgan fingerprint density at radius 1 is 1.32 bits per heavy atom. The molecule has 0 fully saturated rings. The Balaban J connectivity index is 2.37. The van der Waals surface area contributed by atoms with Crippen LogP contribution in [-0.2, 0) is 0 Å². The van der Waals surface area contributed by atoms with Gasteiger partial charge in [0.05, 0.1) is 5.69 Å². The van der Waals surface area contributed by atoms with Crippen LogP contribution < -0.4 is 5.73 Å². The molecule has 2 N–H and O–H groups in total. The lowest BCUT2D eigenvalue weighted by atomic mass is 10.1. The number of halogens is 1. The molecule has 0 saturated heterocycles. The third-order valence-corrected chi connectivity index (χ3v) is 4.31. The van der Waals surface area contributed by atoms with Crippen LogP contribution in [0.5, 0.6) is 0 Å². The number of nitriles is 1. The topological polar surface area (TPSA) is 80.0 Å². The van der Waals surface area contributed by atoms with E-state index < -0.39 is 0 Å². The van der Waals surface area contributed by atoms with Crippen molar-refractivity contribution in [3.8, 4) is 17.2 Å². The Morgan fingerprint density at radius 3 is 2.59 bits per heavy atom. The third-order valence-electron chi connectivity index (χ3n) is 3.38. The van der Waals surface area contributed by atoms with Gasteiger partial charge in [0, 0.05) is 10.6 Å². The summed E-state index contributed by atoms with van der Waals surface area (Å²) in [6.45, 7) is 1.89. The highest BCUT2D eigenvalue weighted by Gasteiger charge is 2.19. The molecule has 7 heteroatoms. The Morgan fingerprint density at radius 2 is 2.00 bits per heavy atom. The molecule has 0 bridgehead atoms. The number of hydrogen-bond acceptors (Lipinski definition) is 5. The molecule has 0 atom stereocenters. The fourth-order valence-electron chi connectivity index (χ4n) is 2.36. The summed E-state index contributed by atoms with van der Waals surface area (Å²) in [5.41, 5.74) is 9.73. The average molecular weight is 330 g/mol. The van der Waals surface area contributed by atoms with Crippen LogP contribution >= 0.6 is 23.4 Å². The van der Waals surface area contributed by atoms with E-state index in [1.54, 1.807) is 0 Å². The maximum atomic E-state index is 9.27. The van der Waals surface area contributed by atoms with Gasteiger partial charge in [0.2, 0.25) is 0 Å². The number of nitrogen functional groups attached to an aromatic ring is 1. The summed E-state index contributed by atoms with van der Waals surface area (Å²) >= 11 is 7.34. The van der Waals surface area contributed by atoms with E-state index in [0.717, 1.165) is 16.8 Å². The molecule has 0 amide bonds. The summed E-state index contributed by atoms with van der Waals surface area (Å²) < 4.78 is 1.53. The molecule has 0 saturated carbocycles. The molecule has 5 nitrogen and oxygen atoms in total. The van der Waals surface area contributed by atoms with Crippen molar-refractivity contribution in [3.63, 3.8) is 0 Å². The number of rotatable bonds is 2. The molecule has 2 aromatic heterocycles. The summed E-state index contributed by atoms with van der Waals surface area (Å²) in [5, 5.41) is 15.0. The Labute approximate surface area is 136 Å². The zero-order valence-electron chi connectivity index (χ0n) is 12.0. The van der Waals surface area contributed by atoms with Crippen LogP contribution in [0.4, 0.5) is 5.82 Å². The second kappa shape index (κ2) is 5.52. The molecule has 0 radical (unpaired) electrons. The van der Waals surface area contributed by atoms with Crippen LogP contribution in [0.1, 0.15) is 11.3 Å². The van der Waals surface area contributed by atoms with E-state index in [1.165, 1.54) is 16.3 Å². The molecule has 0 spiro atoms. The SMILES string of the molecule is CSc1nc2c(-c3ccc(Cl)cc3)c(C)nn2c(N)c1C#N. The minimum Gasteiger partial charge on any atom is -0.382 e. The summed E-state index contributed by atoms with van der Waals surface area (Å²) in [7, 11) is 0. The van der Waals surface area contributed by atoms with Gasteiger partial charge in [0.15, 0.2) is 5.65 Å². The first kappa shape index (κ1) is 14.7. The van der Waals surface area contributed by atoms with Crippen LogP contribution in [0.3, 0.4) is 0 Å². The second-order valence-electron chi connectivity index (χ2n) is 4.70. The lowest BCUT2D eigenvalue weighted by Crippen LogP contribution is -2.05. The number of thioether (sulfide) groups is 1. The molecule has 1 aromatic carbocycles. The van der Waals surface area contributed by atoms with E-state index in [-0.39, 0.29) is 0 Å². The minimum absolute atomic E-state index is 0.306. The normalized spacial score (nSPS) is 10.8. The van der Waals surface area contributed by atoms with Gasteiger partial charge < -0.3 is 5.73 Å². The van der Waals surface area contributed by atoms with Crippen LogP contribution in [0, 0.1) is 18.3 Å². The first-order chi connectivity index (χ1) is 10.6. The van der Waals surface area contributed by atoms with E-state index in [9.17, 15) is 5.26 Å². The van der Waals surface area contributed by atoms with Crippen molar-refractivity contribution in [1.82, 2.24) is 14.6 Å². The summed E-state index contributed by atoms with van der Waals surface area (Å²) in [5.74, 6) is 0.306. The van der Waals surface area contributed by atoms with E-state index in [4.69, 9.17) is 17.3 Å². The zero-order chi connectivity index (χ0) is 15.9. The van der Waals surface area contributed by atoms with Crippen molar-refractivity contribution in [2.24, 2.45) is 0 Å². The lowest BCUT2D eigenvalue weighted by molar-refractivity contribution is 0.904. The molecular formula is C15H12ClN5S. The average Bonchev–Trinajstić information content (AvgIpc) is 2.84. The summed E-state index contributed by atoms with van der Waals surface area (Å²) in [4.78, 5) is 4.57. The van der Waals surface area contributed by atoms with Crippen LogP contribution in [0.2, 0.25) is 5.02 Å². The van der Waals surface area contributed by atoms with Crippen molar-refractivity contribution >= 4 is 34.8 Å². The number of aryl methyl sites for hydroxylation is 1. The molecule has 3 aromatic rings. The van der Waals surface area contributed by atoms with Crippen molar-refractivity contribution in [1.29, 1.82) is 5.26 Å². The summed E-state index contributed by atoms with van der Waals surface area (Å²) in [6, 6.07) is 9.58. The van der Waals surface area contributed by atoms with E-state index in [0.29, 0.717) is 27.1 Å². The number of anilines is 1. The predicted octanol–water partition coefficient (Wildman–Crippen LogP) is 3.53. The van der Waals surface area contributed by atoms with Crippen molar-refractivity contribution in [3.05, 3.63) is 40.5 Å². The number of hydrogen-bond donors (Lipinski definition) is 1. The number of nitrogens with two attached hydrogens (primary N) is 1. The zero-order valence-corrected chi connectivity index (χ0v) is 13.5. The Bertz CT molecular complexity index is 909. The number of benzene rings is 1. The first-order valence-corrected chi connectivity index (χ1v) is 8.06. The molecule has 0 unspecified atom stereocenters. The van der Waals surface area contributed by atoms with Gasteiger partial charge in [-0.15, -0.1) is 11.8 Å². The van der Waals surface area contributed by atoms with Gasteiger partial charge in [0.25, 0.3) is 0 Å². The second-order valence-corrected chi connectivity index (χ2v) is 5.93. The van der Waals surface area contributed by atoms with Crippen molar-refractivity contribution < 1.29 is 0 Å². The highest BCUT2D eigenvalue weighted by molar-refractivity contribution is 7.98. The van der Waals surface area contributed by atoms with Gasteiger partial charge in [0.1, 0.15) is 22.5 Å². The Kier molecular flexibility index (Phi) is 3.69. The number of aromatic nitrogens is 3. The molecule has 2 heterocycles. The van der Waals surface area contributed by atoms with Crippen molar-refractivity contribution in [2.45, 2.75) is 11.9 Å². The summed E-state index contributed by atoms with van der Waals surface area (Å²) in [6.07, 6.45) is 1.87. The van der Waals surface area contributed by atoms with Gasteiger partial charge in [-0.25, -0.2) is 4.98 Å². The van der Waals surface area contributed by atoms with Gasteiger partial charge in [-0.3, -0.25) is 0 Å². The van der Waals surface area contributed by atoms with E-state index in [1.807, 2.05) is 37.4 Å². The monoisotopic (exact) mass is 329 g/mol. The molecule has 22 heavy (non-hydrogen) atoms. The highest BCUT2D eigenvalue weighted by Crippen LogP contribution is 2.32. The number of nitrogens with zero attached hydrogens (tertiary/aromatic N) is 4. The molecule has 0 aliphatic carbocycles. The van der Waals surface area contributed by atoms with Gasteiger partial charge >= 0.3 is 0 Å². The van der Waals surface area contributed by atoms with Crippen LogP contribution in [-0.4, -0.2) is 20.9 Å². The molecule has 110 valence electrons. The third kappa shape index (κ3) is 2.19. The maximum absolute atomic E-state index is 9.27. The molecule has 3 rings (SSSR count). The smallest absolute Gasteiger partial charge is 0.166 e.